The van der Waals surface area contributed by atoms with Crippen LogP contribution in [0.2, 0.25) is 5.02 Å². The molecule has 0 atom stereocenters. The Kier molecular flexibility index (Phi) is 6.73. The summed E-state index contributed by atoms with van der Waals surface area (Å²) in [5.74, 6) is -0.145. The first-order chi connectivity index (χ1) is 16.9. The average Bonchev–Trinajstić information content (AvgIpc) is 3.34. The molecule has 0 unspecified atom stereocenters. The maximum Gasteiger partial charge on any atom is 0.264 e. The van der Waals surface area contributed by atoms with Gasteiger partial charge >= 0.3 is 0 Å². The summed E-state index contributed by atoms with van der Waals surface area (Å²) in [6.07, 6.45) is 1.94. The number of aryl methyl sites for hydroxylation is 2. The number of hydrogen-bond acceptors (Lipinski definition) is 5. The number of anilines is 1. The minimum atomic E-state index is -0.145. The molecular weight excluding hydrogens is 480 g/mol. The molecule has 0 radical (unpaired) electrons. The summed E-state index contributed by atoms with van der Waals surface area (Å²) < 4.78 is 7.68. The lowest BCUT2D eigenvalue weighted by molar-refractivity contribution is -0.115. The van der Waals surface area contributed by atoms with Crippen LogP contribution in [-0.2, 0) is 9.53 Å². The molecule has 0 aliphatic carbocycles. The molecule has 2 saturated heterocycles. The lowest BCUT2D eigenvalue weighted by Gasteiger charge is -2.29. The summed E-state index contributed by atoms with van der Waals surface area (Å²) in [5, 5.41) is 4.04. The van der Waals surface area contributed by atoms with E-state index < -0.39 is 0 Å². The van der Waals surface area contributed by atoms with E-state index in [1.54, 1.807) is 6.07 Å². The highest BCUT2D eigenvalue weighted by molar-refractivity contribution is 8.18. The molecule has 1 aromatic heterocycles. The van der Waals surface area contributed by atoms with Gasteiger partial charge in [-0.25, -0.2) is 4.99 Å². The van der Waals surface area contributed by atoms with E-state index in [4.69, 9.17) is 16.3 Å². The number of morpholine rings is 1. The van der Waals surface area contributed by atoms with Crippen molar-refractivity contribution in [3.05, 3.63) is 81.0 Å². The van der Waals surface area contributed by atoms with Gasteiger partial charge in [0.2, 0.25) is 0 Å². The van der Waals surface area contributed by atoms with Gasteiger partial charge in [-0.1, -0.05) is 17.7 Å². The lowest BCUT2D eigenvalue weighted by atomic mass is 10.2. The minimum absolute atomic E-state index is 0.145. The average molecular weight is 507 g/mol. The fourth-order valence-electron chi connectivity index (χ4n) is 4.40. The second kappa shape index (κ2) is 9.93. The van der Waals surface area contributed by atoms with Crippen LogP contribution in [0.5, 0.6) is 0 Å². The molecule has 2 aliphatic heterocycles. The maximum absolute atomic E-state index is 12.7. The number of thioether (sulfide) groups is 1. The molecule has 8 heteroatoms. The Morgan fingerprint density at radius 2 is 1.74 bits per heavy atom. The van der Waals surface area contributed by atoms with Crippen LogP contribution >= 0.6 is 23.4 Å². The van der Waals surface area contributed by atoms with Gasteiger partial charge in [0.25, 0.3) is 5.91 Å². The summed E-state index contributed by atoms with van der Waals surface area (Å²) in [6, 6.07) is 16.3. The summed E-state index contributed by atoms with van der Waals surface area (Å²) in [4.78, 5) is 20.2. The van der Waals surface area contributed by atoms with E-state index in [-0.39, 0.29) is 5.91 Å². The second-order valence-electron chi connectivity index (χ2n) is 8.69. The Bertz CT molecular complexity index is 1340. The SMILES string of the molecule is Cc1ccc(Cl)cc1N=C1NC(=O)/C(=C/c2cc(C)n(-c3ccc(N4CCOCC4)cc3)c2C)S1. The Morgan fingerprint density at radius 3 is 2.49 bits per heavy atom. The number of aromatic nitrogens is 1. The molecule has 1 N–H and O–H groups in total. The first kappa shape index (κ1) is 23.7. The molecule has 0 bridgehead atoms. The molecule has 0 spiro atoms. The number of amides is 1. The van der Waals surface area contributed by atoms with E-state index in [1.165, 1.54) is 17.4 Å². The Hall–Kier alpha value is -3.00. The van der Waals surface area contributed by atoms with Crippen LogP contribution in [-0.4, -0.2) is 41.9 Å². The summed E-state index contributed by atoms with van der Waals surface area (Å²) >= 11 is 7.46. The van der Waals surface area contributed by atoms with Crippen molar-refractivity contribution >= 4 is 51.9 Å². The highest BCUT2D eigenvalue weighted by Gasteiger charge is 2.25. The number of hydrogen-bond donors (Lipinski definition) is 1. The number of rotatable bonds is 4. The molecule has 6 nitrogen and oxygen atoms in total. The van der Waals surface area contributed by atoms with Gasteiger partial charge in [0, 0.05) is 40.9 Å². The van der Waals surface area contributed by atoms with Crippen molar-refractivity contribution in [2.45, 2.75) is 20.8 Å². The van der Waals surface area contributed by atoms with Gasteiger partial charge in [-0.3, -0.25) is 4.79 Å². The number of carbonyl (C=O) groups excluding carboxylic acids is 1. The molecule has 0 saturated carbocycles. The third-order valence-electron chi connectivity index (χ3n) is 6.29. The van der Waals surface area contributed by atoms with Gasteiger partial charge in [-0.15, -0.1) is 0 Å². The van der Waals surface area contributed by atoms with Crippen molar-refractivity contribution in [2.75, 3.05) is 31.2 Å². The van der Waals surface area contributed by atoms with Crippen LogP contribution in [0, 0.1) is 20.8 Å². The first-order valence-electron chi connectivity index (χ1n) is 11.6. The van der Waals surface area contributed by atoms with E-state index in [0.29, 0.717) is 15.1 Å². The number of ether oxygens (including phenoxy) is 1. The Morgan fingerprint density at radius 1 is 1.03 bits per heavy atom. The number of aliphatic imine (C=N–C) groups is 1. The third kappa shape index (κ3) is 5.03. The monoisotopic (exact) mass is 506 g/mol. The molecule has 3 aromatic rings. The predicted octanol–water partition coefficient (Wildman–Crippen LogP) is 5.78. The highest BCUT2D eigenvalue weighted by atomic mass is 35.5. The van der Waals surface area contributed by atoms with Crippen molar-refractivity contribution in [3.63, 3.8) is 0 Å². The summed E-state index contributed by atoms with van der Waals surface area (Å²) in [5.41, 5.74) is 7.26. The molecular formula is C27H27ClN4O2S. The van der Waals surface area contributed by atoms with E-state index >= 15 is 0 Å². The van der Waals surface area contributed by atoms with Crippen molar-refractivity contribution in [2.24, 2.45) is 4.99 Å². The standard InChI is InChI=1S/C27H27ClN4O2S/c1-17-4-5-21(28)16-24(17)29-27-30-26(33)25(35-27)15-20-14-18(2)32(19(20)3)23-8-6-22(7-9-23)31-10-12-34-13-11-31/h4-9,14-16H,10-13H2,1-3H3,(H,29,30,33)/b25-15-. The largest absolute Gasteiger partial charge is 0.378 e. The number of nitrogens with one attached hydrogen (secondary N) is 1. The highest BCUT2D eigenvalue weighted by Crippen LogP contribution is 2.32. The Labute approximate surface area is 214 Å². The van der Waals surface area contributed by atoms with Crippen LogP contribution in [0.3, 0.4) is 0 Å². The third-order valence-corrected chi connectivity index (χ3v) is 7.43. The van der Waals surface area contributed by atoms with E-state index in [2.05, 4.69) is 64.0 Å². The van der Waals surface area contributed by atoms with Crippen LogP contribution in [0.25, 0.3) is 11.8 Å². The van der Waals surface area contributed by atoms with E-state index in [0.717, 1.165) is 60.2 Å². The first-order valence-corrected chi connectivity index (χ1v) is 12.8. The maximum atomic E-state index is 12.7. The number of benzene rings is 2. The van der Waals surface area contributed by atoms with Crippen molar-refractivity contribution in [1.29, 1.82) is 0 Å². The zero-order valence-electron chi connectivity index (χ0n) is 20.0. The predicted molar refractivity (Wildman–Crippen MR) is 145 cm³/mol. The smallest absolute Gasteiger partial charge is 0.264 e. The van der Waals surface area contributed by atoms with Gasteiger partial charge in [0.1, 0.15) is 0 Å². The van der Waals surface area contributed by atoms with Gasteiger partial charge in [-0.2, -0.15) is 0 Å². The molecule has 1 amide bonds. The van der Waals surface area contributed by atoms with Gasteiger partial charge in [0.15, 0.2) is 5.17 Å². The zero-order valence-corrected chi connectivity index (χ0v) is 21.5. The lowest BCUT2D eigenvalue weighted by Crippen LogP contribution is -2.36. The van der Waals surface area contributed by atoms with E-state index in [9.17, 15) is 4.79 Å². The number of amidine groups is 1. The number of nitrogens with zero attached hydrogens (tertiary/aromatic N) is 3. The number of halogens is 1. The van der Waals surface area contributed by atoms with Gasteiger partial charge < -0.3 is 19.5 Å². The van der Waals surface area contributed by atoms with Crippen LogP contribution < -0.4 is 10.2 Å². The van der Waals surface area contributed by atoms with Crippen LogP contribution in [0.15, 0.2) is 58.4 Å². The van der Waals surface area contributed by atoms with Crippen molar-refractivity contribution < 1.29 is 9.53 Å². The van der Waals surface area contributed by atoms with Crippen molar-refractivity contribution in [3.8, 4) is 5.69 Å². The molecule has 2 aromatic carbocycles. The van der Waals surface area contributed by atoms with Crippen LogP contribution in [0.1, 0.15) is 22.5 Å². The zero-order chi connectivity index (χ0) is 24.5. The molecule has 2 fully saturated rings. The summed E-state index contributed by atoms with van der Waals surface area (Å²) in [6.45, 7) is 9.51. The van der Waals surface area contributed by atoms with Crippen molar-refractivity contribution in [1.82, 2.24) is 9.88 Å². The minimum Gasteiger partial charge on any atom is -0.378 e. The topological polar surface area (TPSA) is 58.9 Å². The molecule has 180 valence electrons. The normalized spacial score (nSPS) is 18.5. The molecule has 5 rings (SSSR count). The van der Waals surface area contributed by atoms with Gasteiger partial charge in [-0.05, 0) is 92.2 Å². The van der Waals surface area contributed by atoms with E-state index in [1.807, 2.05) is 25.1 Å². The molecule has 35 heavy (non-hydrogen) atoms. The van der Waals surface area contributed by atoms with Gasteiger partial charge in [0.05, 0.1) is 23.8 Å². The fraction of sp³-hybridized carbons (Fsp3) is 0.259. The number of carbonyl (C=O) groups is 1. The quantitative estimate of drug-likeness (QED) is 0.455. The molecule has 2 aliphatic rings. The summed E-state index contributed by atoms with van der Waals surface area (Å²) in [7, 11) is 0. The fourth-order valence-corrected chi connectivity index (χ4v) is 5.39. The Balaban J connectivity index is 1.39. The molecule has 3 heterocycles. The van der Waals surface area contributed by atoms with Crippen LogP contribution in [0.4, 0.5) is 11.4 Å². The second-order valence-corrected chi connectivity index (χ2v) is 10.2.